The molecule has 0 radical (unpaired) electrons. The molecule has 1 N–H and O–H groups in total. The summed E-state index contributed by atoms with van der Waals surface area (Å²) in [5.74, 6) is 0.511. The number of sulfonamides is 1. The van der Waals surface area contributed by atoms with Crippen molar-refractivity contribution in [3.63, 3.8) is 0 Å². The van der Waals surface area contributed by atoms with Crippen LogP contribution in [0.3, 0.4) is 0 Å². The van der Waals surface area contributed by atoms with Gasteiger partial charge in [-0.1, -0.05) is 42.5 Å². The lowest BCUT2D eigenvalue weighted by Gasteiger charge is -2.14. The monoisotopic (exact) mass is 454 g/mol. The fraction of sp³-hybridized carbons (Fsp3) is 0.320. The highest BCUT2D eigenvalue weighted by atomic mass is 32.2. The van der Waals surface area contributed by atoms with Crippen molar-refractivity contribution in [2.45, 2.75) is 30.6 Å². The Kier molecular flexibility index (Phi) is 7.88. The number of fused-ring (bicyclic) bond motifs is 1. The van der Waals surface area contributed by atoms with Crippen LogP contribution in [0.2, 0.25) is 0 Å². The second kappa shape index (κ2) is 10.6. The summed E-state index contributed by atoms with van der Waals surface area (Å²) in [6.07, 6.45) is 2.39. The molecule has 0 saturated heterocycles. The second-order valence-electron chi connectivity index (χ2n) is 7.85. The first-order valence-corrected chi connectivity index (χ1v) is 12.1. The average Bonchev–Trinajstić information content (AvgIpc) is 2.80. The molecule has 0 bridgehead atoms. The molecule has 0 fully saturated rings. The lowest BCUT2D eigenvalue weighted by atomic mass is 10.0. The number of hydrogen-bond donors (Lipinski definition) is 1. The number of carbonyl (C=O) groups excluding carboxylic acids is 1. The highest BCUT2D eigenvalue weighted by Crippen LogP contribution is 2.25. The van der Waals surface area contributed by atoms with Gasteiger partial charge in [0, 0.05) is 27.1 Å². The maximum Gasteiger partial charge on any atom is 0.242 e. The van der Waals surface area contributed by atoms with E-state index in [-0.39, 0.29) is 17.2 Å². The van der Waals surface area contributed by atoms with Gasteiger partial charge in [0.05, 0.1) is 12.0 Å². The smallest absolute Gasteiger partial charge is 0.242 e. The first-order chi connectivity index (χ1) is 15.3. The molecule has 3 aromatic carbocycles. The molecule has 0 atom stereocenters. The molecule has 0 spiro atoms. The van der Waals surface area contributed by atoms with Gasteiger partial charge >= 0.3 is 0 Å². The van der Waals surface area contributed by atoms with Crippen LogP contribution in [0.5, 0.6) is 5.75 Å². The molecule has 7 heteroatoms. The number of ether oxygens (including phenoxy) is 1. The van der Waals surface area contributed by atoms with E-state index in [4.69, 9.17) is 4.74 Å². The molecule has 32 heavy (non-hydrogen) atoms. The predicted octanol–water partition coefficient (Wildman–Crippen LogP) is 3.78. The van der Waals surface area contributed by atoms with E-state index in [0.29, 0.717) is 24.3 Å². The third kappa shape index (κ3) is 5.66. The van der Waals surface area contributed by atoms with Crippen molar-refractivity contribution in [1.82, 2.24) is 9.62 Å². The van der Waals surface area contributed by atoms with Crippen LogP contribution < -0.4 is 10.1 Å². The van der Waals surface area contributed by atoms with Crippen LogP contribution in [0, 0.1) is 0 Å². The van der Waals surface area contributed by atoms with Gasteiger partial charge in [0.1, 0.15) is 5.75 Å². The van der Waals surface area contributed by atoms with Crippen molar-refractivity contribution in [2.24, 2.45) is 0 Å². The minimum atomic E-state index is -3.55. The fourth-order valence-electron chi connectivity index (χ4n) is 3.68. The van der Waals surface area contributed by atoms with Crippen LogP contribution in [-0.4, -0.2) is 46.4 Å². The summed E-state index contributed by atoms with van der Waals surface area (Å²) in [7, 11) is 0.971. The van der Waals surface area contributed by atoms with Gasteiger partial charge in [-0.2, -0.15) is 0 Å². The van der Waals surface area contributed by atoms with Gasteiger partial charge in [0.15, 0.2) is 0 Å². The summed E-state index contributed by atoms with van der Waals surface area (Å²) in [6, 6.07) is 19.3. The van der Waals surface area contributed by atoms with E-state index in [0.717, 1.165) is 12.8 Å². The van der Waals surface area contributed by atoms with E-state index in [9.17, 15) is 13.2 Å². The molecule has 0 saturated carbocycles. The summed E-state index contributed by atoms with van der Waals surface area (Å²) in [6.45, 7) is 0.592. The SMILES string of the molecule is COc1ccc(S(=O)(=O)N(C)C)cc1CCC(=O)NCCCc1cccc2ccccc12. The molecular weight excluding hydrogens is 424 g/mol. The van der Waals surface area contributed by atoms with E-state index in [1.54, 1.807) is 12.1 Å². The first-order valence-electron chi connectivity index (χ1n) is 10.7. The number of benzene rings is 3. The summed E-state index contributed by atoms with van der Waals surface area (Å²) < 4.78 is 31.3. The van der Waals surface area contributed by atoms with Crippen molar-refractivity contribution in [1.29, 1.82) is 0 Å². The van der Waals surface area contributed by atoms with Crippen molar-refractivity contribution in [3.8, 4) is 5.75 Å². The van der Waals surface area contributed by atoms with Crippen LogP contribution in [0.1, 0.15) is 24.0 Å². The van der Waals surface area contributed by atoms with E-state index in [1.165, 1.54) is 47.9 Å². The van der Waals surface area contributed by atoms with Crippen LogP contribution >= 0.6 is 0 Å². The molecule has 0 aliphatic heterocycles. The Labute approximate surface area is 190 Å². The van der Waals surface area contributed by atoms with Gasteiger partial charge in [-0.3, -0.25) is 4.79 Å². The molecule has 170 valence electrons. The molecule has 0 aliphatic carbocycles. The number of methoxy groups -OCH3 is 1. The van der Waals surface area contributed by atoms with Gasteiger partial charge < -0.3 is 10.1 Å². The molecule has 6 nitrogen and oxygen atoms in total. The van der Waals surface area contributed by atoms with E-state index >= 15 is 0 Å². The molecule has 0 aliphatic rings. The standard InChI is InChI=1S/C25H30N2O4S/c1-27(2)32(29,30)22-14-15-24(31-3)21(18-22)13-16-25(28)26-17-7-11-20-10-6-9-19-8-4-5-12-23(19)20/h4-6,8-10,12,14-15,18H,7,11,13,16-17H2,1-3H3,(H,26,28). The van der Waals surface area contributed by atoms with E-state index in [2.05, 4.69) is 35.6 Å². The summed E-state index contributed by atoms with van der Waals surface area (Å²) in [5, 5.41) is 5.44. The third-order valence-corrected chi connectivity index (χ3v) is 7.29. The highest BCUT2D eigenvalue weighted by Gasteiger charge is 2.19. The molecular formula is C25H30N2O4S. The van der Waals surface area contributed by atoms with Crippen LogP contribution in [0.15, 0.2) is 65.6 Å². The summed E-state index contributed by atoms with van der Waals surface area (Å²) in [4.78, 5) is 12.5. The first kappa shape index (κ1) is 23.8. The molecule has 3 aromatic rings. The molecule has 0 aromatic heterocycles. The fourth-order valence-corrected chi connectivity index (χ4v) is 4.63. The van der Waals surface area contributed by atoms with Crippen molar-refractivity contribution in [3.05, 3.63) is 71.8 Å². The lowest BCUT2D eigenvalue weighted by molar-refractivity contribution is -0.121. The average molecular weight is 455 g/mol. The summed E-state index contributed by atoms with van der Waals surface area (Å²) >= 11 is 0. The predicted molar refractivity (Wildman–Crippen MR) is 127 cm³/mol. The Morgan fingerprint density at radius 2 is 1.72 bits per heavy atom. The Balaban J connectivity index is 1.53. The number of nitrogens with zero attached hydrogens (tertiary/aromatic N) is 1. The number of aryl methyl sites for hydroxylation is 2. The molecule has 0 unspecified atom stereocenters. The van der Waals surface area contributed by atoms with Gasteiger partial charge in [-0.15, -0.1) is 0 Å². The number of carbonyl (C=O) groups is 1. The van der Waals surface area contributed by atoms with Crippen LogP contribution in [-0.2, 0) is 27.7 Å². The quantitative estimate of drug-likeness (QED) is 0.473. The molecule has 1 amide bonds. The number of nitrogens with one attached hydrogen (secondary N) is 1. The van der Waals surface area contributed by atoms with E-state index in [1.807, 2.05) is 12.1 Å². The van der Waals surface area contributed by atoms with Crippen LogP contribution in [0.25, 0.3) is 10.8 Å². The Bertz CT molecular complexity index is 1180. The molecule has 0 heterocycles. The third-order valence-electron chi connectivity index (χ3n) is 5.48. The van der Waals surface area contributed by atoms with Crippen LogP contribution in [0.4, 0.5) is 0 Å². The zero-order valence-electron chi connectivity index (χ0n) is 18.8. The Hall–Kier alpha value is -2.90. The Morgan fingerprint density at radius 3 is 2.47 bits per heavy atom. The minimum absolute atomic E-state index is 0.0640. The maximum absolute atomic E-state index is 12.4. The van der Waals surface area contributed by atoms with Gasteiger partial charge in [-0.05, 0) is 59.4 Å². The second-order valence-corrected chi connectivity index (χ2v) is 10.0. The number of rotatable bonds is 10. The normalized spacial score (nSPS) is 11.6. The summed E-state index contributed by atoms with van der Waals surface area (Å²) in [5.41, 5.74) is 1.97. The largest absolute Gasteiger partial charge is 0.496 e. The van der Waals surface area contributed by atoms with Gasteiger partial charge in [-0.25, -0.2) is 12.7 Å². The maximum atomic E-state index is 12.4. The van der Waals surface area contributed by atoms with E-state index < -0.39 is 10.0 Å². The van der Waals surface area contributed by atoms with Gasteiger partial charge in [0.25, 0.3) is 0 Å². The highest BCUT2D eigenvalue weighted by molar-refractivity contribution is 7.89. The topological polar surface area (TPSA) is 75.7 Å². The molecule has 3 rings (SSSR count). The number of hydrogen-bond acceptors (Lipinski definition) is 4. The number of amides is 1. The minimum Gasteiger partial charge on any atom is -0.496 e. The van der Waals surface area contributed by atoms with Crippen molar-refractivity contribution < 1.29 is 17.9 Å². The van der Waals surface area contributed by atoms with Crippen molar-refractivity contribution in [2.75, 3.05) is 27.7 Å². The zero-order chi connectivity index (χ0) is 23.1. The lowest BCUT2D eigenvalue weighted by Crippen LogP contribution is -2.25. The Morgan fingerprint density at radius 1 is 0.969 bits per heavy atom. The van der Waals surface area contributed by atoms with Crippen molar-refractivity contribution >= 4 is 26.7 Å². The zero-order valence-corrected chi connectivity index (χ0v) is 19.6. The van der Waals surface area contributed by atoms with Gasteiger partial charge in [0.2, 0.25) is 15.9 Å².